The minimum absolute atomic E-state index is 0.277. The lowest BCUT2D eigenvalue weighted by Crippen LogP contribution is -2.13. The van der Waals surface area contributed by atoms with E-state index in [-0.39, 0.29) is 5.91 Å². The number of benzene rings is 3. The highest BCUT2D eigenvalue weighted by Gasteiger charge is 2.14. The molecule has 5 nitrogen and oxygen atoms in total. The lowest BCUT2D eigenvalue weighted by atomic mass is 10.0. The van der Waals surface area contributed by atoms with Crippen LogP contribution in [0.4, 0.5) is 5.69 Å². The largest absolute Gasteiger partial charge is 0.322 e. The predicted octanol–water partition coefficient (Wildman–Crippen LogP) is 6.52. The van der Waals surface area contributed by atoms with E-state index < -0.39 is 0 Å². The Hall–Kier alpha value is -2.70. The van der Waals surface area contributed by atoms with Gasteiger partial charge in [0.05, 0.1) is 16.3 Å². The van der Waals surface area contributed by atoms with Gasteiger partial charge in [-0.05, 0) is 66.4 Å². The number of amides is 1. The lowest BCUT2D eigenvalue weighted by Gasteiger charge is -2.09. The summed E-state index contributed by atoms with van der Waals surface area (Å²) in [5.41, 5.74) is 5.58. The Morgan fingerprint density at radius 1 is 1.03 bits per heavy atom. The maximum Gasteiger partial charge on any atom is 0.257 e. The zero-order valence-electron chi connectivity index (χ0n) is 16.8. The minimum Gasteiger partial charge on any atom is -0.322 e. The summed E-state index contributed by atoms with van der Waals surface area (Å²) in [6.45, 7) is 6.25. The molecule has 1 N–H and O–H groups in total. The second kappa shape index (κ2) is 8.20. The van der Waals surface area contributed by atoms with Gasteiger partial charge in [0.25, 0.3) is 5.91 Å². The van der Waals surface area contributed by atoms with Crippen molar-refractivity contribution in [1.82, 2.24) is 15.0 Å². The molecule has 30 heavy (non-hydrogen) atoms. The van der Waals surface area contributed by atoms with E-state index in [2.05, 4.69) is 57.4 Å². The van der Waals surface area contributed by atoms with Crippen LogP contribution in [0.5, 0.6) is 0 Å². The Bertz CT molecular complexity index is 1250. The SMILES string of the molecule is Cc1cc2nn(-c3ccc(C(C)C)cc3)nc2cc1NC(=O)c1cc(Br)ccc1Cl. The summed E-state index contributed by atoms with van der Waals surface area (Å²) in [6, 6.07) is 17.1. The van der Waals surface area contributed by atoms with Crippen LogP contribution in [0.2, 0.25) is 5.02 Å². The number of anilines is 1. The molecule has 1 amide bonds. The zero-order valence-corrected chi connectivity index (χ0v) is 19.1. The molecule has 3 aromatic carbocycles. The van der Waals surface area contributed by atoms with E-state index in [9.17, 15) is 4.79 Å². The van der Waals surface area contributed by atoms with Crippen molar-refractivity contribution >= 4 is 50.2 Å². The first-order valence-corrected chi connectivity index (χ1v) is 10.7. The van der Waals surface area contributed by atoms with Gasteiger partial charge in [-0.3, -0.25) is 4.79 Å². The number of halogens is 2. The van der Waals surface area contributed by atoms with Crippen molar-refractivity contribution in [2.75, 3.05) is 5.32 Å². The number of fused-ring (bicyclic) bond motifs is 1. The summed E-state index contributed by atoms with van der Waals surface area (Å²) in [6.07, 6.45) is 0. The van der Waals surface area contributed by atoms with E-state index in [1.54, 1.807) is 23.0 Å². The molecule has 0 spiro atoms. The normalized spacial score (nSPS) is 11.3. The summed E-state index contributed by atoms with van der Waals surface area (Å²) in [5.74, 6) is 0.191. The highest BCUT2D eigenvalue weighted by atomic mass is 79.9. The van der Waals surface area contributed by atoms with E-state index >= 15 is 0 Å². The fourth-order valence-electron chi connectivity index (χ4n) is 3.17. The first-order chi connectivity index (χ1) is 14.3. The lowest BCUT2D eigenvalue weighted by molar-refractivity contribution is 0.102. The second-order valence-corrected chi connectivity index (χ2v) is 8.79. The maximum atomic E-state index is 12.7. The second-order valence-electron chi connectivity index (χ2n) is 7.47. The summed E-state index contributed by atoms with van der Waals surface area (Å²) in [4.78, 5) is 14.3. The Balaban J connectivity index is 1.65. The summed E-state index contributed by atoms with van der Waals surface area (Å²) >= 11 is 9.56. The molecular weight excluding hydrogens is 464 g/mol. The van der Waals surface area contributed by atoms with Crippen molar-refractivity contribution in [3.05, 3.63) is 80.8 Å². The Kier molecular flexibility index (Phi) is 5.62. The molecule has 4 rings (SSSR count). The predicted molar refractivity (Wildman–Crippen MR) is 125 cm³/mol. The fourth-order valence-corrected chi connectivity index (χ4v) is 3.74. The number of carbonyl (C=O) groups excluding carboxylic acids is 1. The van der Waals surface area contributed by atoms with Gasteiger partial charge in [0.1, 0.15) is 11.0 Å². The summed E-state index contributed by atoms with van der Waals surface area (Å²) in [7, 11) is 0. The van der Waals surface area contributed by atoms with E-state index in [1.165, 1.54) is 5.56 Å². The summed E-state index contributed by atoms with van der Waals surface area (Å²) in [5, 5.41) is 12.5. The number of carbonyl (C=O) groups is 1. The zero-order chi connectivity index (χ0) is 21.4. The van der Waals surface area contributed by atoms with Gasteiger partial charge >= 0.3 is 0 Å². The molecule has 152 valence electrons. The van der Waals surface area contributed by atoms with Crippen LogP contribution in [0, 0.1) is 6.92 Å². The van der Waals surface area contributed by atoms with Crippen LogP contribution in [0.25, 0.3) is 16.7 Å². The smallest absolute Gasteiger partial charge is 0.257 e. The first-order valence-electron chi connectivity index (χ1n) is 9.56. The van der Waals surface area contributed by atoms with E-state index in [0.717, 1.165) is 21.2 Å². The van der Waals surface area contributed by atoms with Crippen molar-refractivity contribution in [3.8, 4) is 5.69 Å². The minimum atomic E-state index is -0.277. The number of rotatable bonds is 4. The van der Waals surface area contributed by atoms with Crippen molar-refractivity contribution in [1.29, 1.82) is 0 Å². The molecule has 0 bridgehead atoms. The topological polar surface area (TPSA) is 59.8 Å². The summed E-state index contributed by atoms with van der Waals surface area (Å²) < 4.78 is 0.788. The van der Waals surface area contributed by atoms with E-state index in [1.807, 2.05) is 31.2 Å². The monoisotopic (exact) mass is 482 g/mol. The molecule has 0 aliphatic heterocycles. The van der Waals surface area contributed by atoms with E-state index in [0.29, 0.717) is 27.7 Å². The van der Waals surface area contributed by atoms with Gasteiger partial charge < -0.3 is 5.32 Å². The van der Waals surface area contributed by atoms with Gasteiger partial charge in [0.2, 0.25) is 0 Å². The number of nitrogens with one attached hydrogen (secondary N) is 1. The van der Waals surface area contributed by atoms with Crippen LogP contribution in [0.3, 0.4) is 0 Å². The Morgan fingerprint density at radius 2 is 1.70 bits per heavy atom. The van der Waals surface area contributed by atoms with Gasteiger partial charge in [0, 0.05) is 10.2 Å². The van der Waals surface area contributed by atoms with Crippen LogP contribution in [-0.2, 0) is 0 Å². The highest BCUT2D eigenvalue weighted by molar-refractivity contribution is 9.10. The fraction of sp³-hybridized carbons (Fsp3) is 0.174. The third kappa shape index (κ3) is 4.11. The third-order valence-corrected chi connectivity index (χ3v) is 5.76. The van der Waals surface area contributed by atoms with Crippen LogP contribution in [-0.4, -0.2) is 20.9 Å². The first kappa shape index (κ1) is 20.6. The molecule has 0 saturated carbocycles. The van der Waals surface area contributed by atoms with Crippen LogP contribution in [0.15, 0.2) is 59.1 Å². The van der Waals surface area contributed by atoms with Gasteiger partial charge in [-0.1, -0.05) is 53.5 Å². The van der Waals surface area contributed by atoms with Crippen molar-refractivity contribution in [2.24, 2.45) is 0 Å². The highest BCUT2D eigenvalue weighted by Crippen LogP contribution is 2.26. The van der Waals surface area contributed by atoms with Crippen molar-refractivity contribution in [2.45, 2.75) is 26.7 Å². The van der Waals surface area contributed by atoms with Crippen LogP contribution < -0.4 is 5.32 Å². The molecule has 0 unspecified atom stereocenters. The molecule has 4 aromatic rings. The molecule has 1 aromatic heterocycles. The molecule has 1 heterocycles. The number of hydrogen-bond donors (Lipinski definition) is 1. The molecule has 7 heteroatoms. The van der Waals surface area contributed by atoms with Crippen molar-refractivity contribution in [3.63, 3.8) is 0 Å². The molecule has 0 aliphatic carbocycles. The average molecular weight is 484 g/mol. The van der Waals surface area contributed by atoms with Crippen LogP contribution >= 0.6 is 27.5 Å². The van der Waals surface area contributed by atoms with Gasteiger partial charge in [-0.25, -0.2) is 0 Å². The molecule has 0 saturated heterocycles. The van der Waals surface area contributed by atoms with Gasteiger partial charge in [0.15, 0.2) is 0 Å². The van der Waals surface area contributed by atoms with E-state index in [4.69, 9.17) is 11.6 Å². The average Bonchev–Trinajstić information content (AvgIpc) is 3.12. The quantitative estimate of drug-likeness (QED) is 0.359. The molecule has 0 aliphatic rings. The molecular formula is C23H20BrClN4O. The van der Waals surface area contributed by atoms with Crippen LogP contribution in [0.1, 0.15) is 41.3 Å². The van der Waals surface area contributed by atoms with Crippen molar-refractivity contribution < 1.29 is 4.79 Å². The Morgan fingerprint density at radius 3 is 2.37 bits per heavy atom. The Labute approximate surface area is 188 Å². The van der Waals surface area contributed by atoms with Gasteiger partial charge in [-0.2, -0.15) is 4.80 Å². The maximum absolute atomic E-state index is 12.7. The standard InChI is InChI=1S/C23H20BrClN4O/c1-13(2)15-4-7-17(8-5-15)29-27-21-10-14(3)20(12-22(21)28-29)26-23(30)18-11-16(24)6-9-19(18)25/h4-13H,1-3H3,(H,26,30). The number of nitrogens with zero attached hydrogens (tertiary/aromatic N) is 3. The number of hydrogen-bond acceptors (Lipinski definition) is 3. The van der Waals surface area contributed by atoms with Gasteiger partial charge in [-0.15, -0.1) is 10.2 Å². The molecule has 0 fully saturated rings. The number of aryl methyl sites for hydroxylation is 1. The third-order valence-electron chi connectivity index (χ3n) is 4.94. The number of aromatic nitrogens is 3. The molecule has 0 atom stereocenters. The molecule has 0 radical (unpaired) electrons.